The van der Waals surface area contributed by atoms with Crippen LogP contribution in [0.2, 0.25) is 0 Å². The van der Waals surface area contributed by atoms with Crippen molar-refractivity contribution in [3.05, 3.63) is 34.9 Å². The van der Waals surface area contributed by atoms with Crippen LogP contribution in [0.3, 0.4) is 0 Å². The van der Waals surface area contributed by atoms with Gasteiger partial charge in [0.1, 0.15) is 0 Å². The highest BCUT2D eigenvalue weighted by Gasteiger charge is 2.36. The average molecular weight is 227 g/mol. The second-order valence-electron chi connectivity index (χ2n) is 5.17. The lowest BCUT2D eigenvalue weighted by Crippen LogP contribution is -2.38. The van der Waals surface area contributed by atoms with Gasteiger partial charge in [-0.2, -0.15) is 0 Å². The normalized spacial score (nSPS) is 12.9. The summed E-state index contributed by atoms with van der Waals surface area (Å²) in [5, 5.41) is 0. The molecule has 0 bridgehead atoms. The first-order chi connectivity index (χ1) is 7.12. The number of hydrogen-bond donors (Lipinski definition) is 1. The van der Waals surface area contributed by atoms with E-state index in [9.17, 15) is 8.78 Å². The Hall–Kier alpha value is -0.960. The minimum Gasteiger partial charge on any atom is -0.325 e. The van der Waals surface area contributed by atoms with E-state index in [4.69, 9.17) is 5.73 Å². The molecule has 0 saturated carbocycles. The van der Waals surface area contributed by atoms with Gasteiger partial charge in [0.25, 0.3) is 5.92 Å². The number of benzene rings is 1. The maximum absolute atomic E-state index is 13.9. The molecular weight excluding hydrogens is 208 g/mol. The van der Waals surface area contributed by atoms with E-state index in [0.29, 0.717) is 0 Å². The molecule has 0 saturated heterocycles. The van der Waals surface area contributed by atoms with Crippen molar-refractivity contribution >= 4 is 0 Å². The van der Waals surface area contributed by atoms with Crippen molar-refractivity contribution in [3.63, 3.8) is 0 Å². The van der Waals surface area contributed by atoms with Gasteiger partial charge in [-0.15, -0.1) is 0 Å². The van der Waals surface area contributed by atoms with Crippen molar-refractivity contribution in [3.8, 4) is 0 Å². The standard InChI is InChI=1S/C13H19F2N/c1-9-5-6-11(7-10(9)2)13(14,15)8-12(3,4)16/h5-7H,8,16H2,1-4H3. The van der Waals surface area contributed by atoms with Gasteiger partial charge in [-0.1, -0.05) is 12.1 Å². The average Bonchev–Trinajstić information content (AvgIpc) is 2.05. The lowest BCUT2D eigenvalue weighted by molar-refractivity contribution is -0.0296. The number of hydrogen-bond acceptors (Lipinski definition) is 1. The van der Waals surface area contributed by atoms with Crippen LogP contribution in [0, 0.1) is 13.8 Å². The minimum atomic E-state index is -2.86. The topological polar surface area (TPSA) is 26.0 Å². The summed E-state index contributed by atoms with van der Waals surface area (Å²) in [7, 11) is 0. The Morgan fingerprint density at radius 2 is 1.69 bits per heavy atom. The summed E-state index contributed by atoms with van der Waals surface area (Å²) in [5.74, 6) is -2.86. The molecule has 0 radical (unpaired) electrons. The molecule has 0 heterocycles. The number of nitrogens with two attached hydrogens (primary N) is 1. The summed E-state index contributed by atoms with van der Waals surface area (Å²) in [6.45, 7) is 6.97. The van der Waals surface area contributed by atoms with Crippen molar-refractivity contribution in [1.82, 2.24) is 0 Å². The van der Waals surface area contributed by atoms with Crippen molar-refractivity contribution in [1.29, 1.82) is 0 Å². The summed E-state index contributed by atoms with van der Waals surface area (Å²) < 4.78 is 27.8. The van der Waals surface area contributed by atoms with Gasteiger partial charge in [0.2, 0.25) is 0 Å². The predicted molar refractivity (Wildman–Crippen MR) is 62.7 cm³/mol. The summed E-state index contributed by atoms with van der Waals surface area (Å²) in [6, 6.07) is 4.75. The first-order valence-corrected chi connectivity index (χ1v) is 5.36. The molecule has 0 unspecified atom stereocenters. The van der Waals surface area contributed by atoms with Crippen LogP contribution in [0.4, 0.5) is 8.78 Å². The largest absolute Gasteiger partial charge is 0.325 e. The molecule has 0 spiro atoms. The highest BCUT2D eigenvalue weighted by atomic mass is 19.3. The van der Waals surface area contributed by atoms with Crippen LogP contribution in [-0.4, -0.2) is 5.54 Å². The molecule has 3 heteroatoms. The zero-order valence-corrected chi connectivity index (χ0v) is 10.3. The fourth-order valence-electron chi connectivity index (χ4n) is 1.64. The summed E-state index contributed by atoms with van der Waals surface area (Å²) in [6.07, 6.45) is -0.345. The van der Waals surface area contributed by atoms with E-state index in [1.165, 1.54) is 6.07 Å². The van der Waals surface area contributed by atoms with Gasteiger partial charge in [-0.25, -0.2) is 8.78 Å². The summed E-state index contributed by atoms with van der Waals surface area (Å²) in [5.41, 5.74) is 6.73. The van der Waals surface area contributed by atoms with Gasteiger partial charge in [-0.3, -0.25) is 0 Å². The monoisotopic (exact) mass is 227 g/mol. The molecule has 0 atom stereocenters. The fourth-order valence-corrected chi connectivity index (χ4v) is 1.64. The smallest absolute Gasteiger partial charge is 0.275 e. The van der Waals surface area contributed by atoms with Crippen LogP contribution in [0.1, 0.15) is 37.0 Å². The van der Waals surface area contributed by atoms with E-state index in [2.05, 4.69) is 0 Å². The van der Waals surface area contributed by atoms with E-state index in [1.54, 1.807) is 26.0 Å². The maximum Gasteiger partial charge on any atom is 0.275 e. The van der Waals surface area contributed by atoms with E-state index in [-0.39, 0.29) is 12.0 Å². The Bertz CT molecular complexity index is 378. The van der Waals surface area contributed by atoms with E-state index >= 15 is 0 Å². The molecule has 0 aliphatic rings. The van der Waals surface area contributed by atoms with E-state index in [1.807, 2.05) is 13.8 Å². The van der Waals surface area contributed by atoms with Gasteiger partial charge in [0, 0.05) is 17.5 Å². The van der Waals surface area contributed by atoms with Gasteiger partial charge in [-0.05, 0) is 44.9 Å². The third-order valence-corrected chi connectivity index (χ3v) is 2.61. The summed E-state index contributed by atoms with van der Waals surface area (Å²) >= 11 is 0. The fraction of sp³-hybridized carbons (Fsp3) is 0.538. The quantitative estimate of drug-likeness (QED) is 0.840. The first kappa shape index (κ1) is 13.1. The Morgan fingerprint density at radius 3 is 2.12 bits per heavy atom. The number of aryl methyl sites for hydroxylation is 2. The third kappa shape index (κ3) is 3.27. The lowest BCUT2D eigenvalue weighted by atomic mass is 9.92. The molecule has 1 nitrogen and oxygen atoms in total. The van der Waals surface area contributed by atoms with Crippen molar-refractivity contribution < 1.29 is 8.78 Å². The van der Waals surface area contributed by atoms with Crippen LogP contribution in [0.5, 0.6) is 0 Å². The Kier molecular flexibility index (Phi) is 3.38. The highest BCUT2D eigenvalue weighted by molar-refractivity contribution is 5.32. The van der Waals surface area contributed by atoms with Gasteiger partial charge < -0.3 is 5.73 Å². The van der Waals surface area contributed by atoms with Crippen molar-refractivity contribution in [2.24, 2.45) is 5.73 Å². The third-order valence-electron chi connectivity index (χ3n) is 2.61. The molecule has 0 aromatic heterocycles. The molecule has 1 aromatic rings. The second kappa shape index (κ2) is 4.13. The first-order valence-electron chi connectivity index (χ1n) is 5.36. The van der Waals surface area contributed by atoms with Crippen LogP contribution in [0.15, 0.2) is 18.2 Å². The zero-order valence-electron chi connectivity index (χ0n) is 10.3. The van der Waals surface area contributed by atoms with Gasteiger partial charge >= 0.3 is 0 Å². The Labute approximate surface area is 95.7 Å². The molecule has 0 aliphatic heterocycles. The number of alkyl halides is 2. The van der Waals surface area contributed by atoms with Gasteiger partial charge in [0.15, 0.2) is 0 Å². The van der Waals surface area contributed by atoms with Crippen LogP contribution in [-0.2, 0) is 5.92 Å². The minimum absolute atomic E-state index is 0.0501. The van der Waals surface area contributed by atoms with Gasteiger partial charge in [0.05, 0.1) is 0 Å². The highest BCUT2D eigenvalue weighted by Crippen LogP contribution is 2.35. The molecule has 90 valence electrons. The predicted octanol–water partition coefficient (Wildman–Crippen LogP) is 3.52. The summed E-state index contributed by atoms with van der Waals surface area (Å²) in [4.78, 5) is 0. The van der Waals surface area contributed by atoms with Crippen LogP contribution in [0.25, 0.3) is 0 Å². The molecule has 1 rings (SSSR count). The Balaban J connectivity index is 3.02. The lowest BCUT2D eigenvalue weighted by Gasteiger charge is -2.26. The second-order valence-corrected chi connectivity index (χ2v) is 5.17. The van der Waals surface area contributed by atoms with Crippen molar-refractivity contribution in [2.45, 2.75) is 45.6 Å². The molecule has 0 aliphatic carbocycles. The molecule has 2 N–H and O–H groups in total. The maximum atomic E-state index is 13.9. The van der Waals surface area contributed by atoms with Crippen molar-refractivity contribution in [2.75, 3.05) is 0 Å². The van der Waals surface area contributed by atoms with E-state index in [0.717, 1.165) is 11.1 Å². The Morgan fingerprint density at radius 1 is 1.12 bits per heavy atom. The zero-order chi connectivity index (χ0) is 12.6. The number of halogens is 2. The van der Waals surface area contributed by atoms with Crippen LogP contribution < -0.4 is 5.73 Å². The van der Waals surface area contributed by atoms with E-state index < -0.39 is 11.5 Å². The molecule has 1 aromatic carbocycles. The van der Waals surface area contributed by atoms with Crippen LogP contribution >= 0.6 is 0 Å². The molecule has 16 heavy (non-hydrogen) atoms. The molecule has 0 amide bonds. The SMILES string of the molecule is Cc1ccc(C(F)(F)CC(C)(C)N)cc1C. The molecular formula is C13H19F2N. The number of rotatable bonds is 3. The molecule has 0 fully saturated rings.